The van der Waals surface area contributed by atoms with Crippen LogP contribution in [0.5, 0.6) is 0 Å². The van der Waals surface area contributed by atoms with Crippen molar-refractivity contribution in [1.29, 1.82) is 0 Å². The molecule has 4 heteroatoms. The smallest absolute Gasteiger partial charge is 0.246 e. The summed E-state index contributed by atoms with van der Waals surface area (Å²) in [6.45, 7) is 13.2. The number of carbonyl (C=O) groups is 2. The largest absolute Gasteiger partial charge is 0.342 e. The summed E-state index contributed by atoms with van der Waals surface area (Å²) < 4.78 is 0. The van der Waals surface area contributed by atoms with Gasteiger partial charge in [-0.2, -0.15) is 0 Å². The molecule has 2 amide bonds. The summed E-state index contributed by atoms with van der Waals surface area (Å²) in [5.41, 5.74) is 0.322. The molecule has 4 nitrogen and oxygen atoms in total. The van der Waals surface area contributed by atoms with E-state index in [1.54, 1.807) is 0 Å². The van der Waals surface area contributed by atoms with Gasteiger partial charge in [0.2, 0.25) is 11.8 Å². The van der Waals surface area contributed by atoms with Crippen molar-refractivity contribution in [2.24, 2.45) is 23.2 Å². The molecule has 0 aromatic rings. The van der Waals surface area contributed by atoms with Crippen LogP contribution in [-0.2, 0) is 9.59 Å². The molecule has 1 N–H and O–H groups in total. The molecular formula is C16H28N2O2. The number of hydrogen-bond acceptors (Lipinski definition) is 2. The van der Waals surface area contributed by atoms with Gasteiger partial charge in [0.1, 0.15) is 12.1 Å². The maximum Gasteiger partial charge on any atom is 0.246 e. The van der Waals surface area contributed by atoms with Gasteiger partial charge in [0.25, 0.3) is 0 Å². The molecule has 0 radical (unpaired) electrons. The zero-order chi connectivity index (χ0) is 15.2. The van der Waals surface area contributed by atoms with Crippen LogP contribution in [0.25, 0.3) is 0 Å². The Morgan fingerprint density at radius 1 is 1.20 bits per heavy atom. The first-order valence-electron chi connectivity index (χ1n) is 7.76. The zero-order valence-corrected chi connectivity index (χ0v) is 13.6. The summed E-state index contributed by atoms with van der Waals surface area (Å²) >= 11 is 0. The van der Waals surface area contributed by atoms with Gasteiger partial charge in [-0.1, -0.05) is 41.5 Å². The van der Waals surface area contributed by atoms with E-state index in [0.717, 1.165) is 13.0 Å². The summed E-state index contributed by atoms with van der Waals surface area (Å²) in [7, 11) is 0. The van der Waals surface area contributed by atoms with E-state index in [1.807, 2.05) is 32.6 Å². The zero-order valence-electron chi connectivity index (χ0n) is 13.6. The Morgan fingerprint density at radius 3 is 2.15 bits per heavy atom. The summed E-state index contributed by atoms with van der Waals surface area (Å²) in [5, 5.41) is 2.91. The van der Waals surface area contributed by atoms with Gasteiger partial charge in [-0.25, -0.2) is 0 Å². The molecule has 1 saturated carbocycles. The lowest BCUT2D eigenvalue weighted by molar-refractivity contribution is -0.152. The summed E-state index contributed by atoms with van der Waals surface area (Å²) in [4.78, 5) is 26.9. The monoisotopic (exact) mass is 280 g/mol. The average Bonchev–Trinajstić information content (AvgIpc) is 2.89. The van der Waals surface area contributed by atoms with Crippen LogP contribution in [0, 0.1) is 23.2 Å². The molecule has 2 aliphatic rings. The molecular weight excluding hydrogens is 252 g/mol. The number of piperazine rings is 1. The van der Waals surface area contributed by atoms with E-state index in [1.165, 1.54) is 0 Å². The lowest BCUT2D eigenvalue weighted by Crippen LogP contribution is -2.66. The Hall–Kier alpha value is -1.06. The van der Waals surface area contributed by atoms with Gasteiger partial charge in [0.05, 0.1) is 0 Å². The third-order valence-corrected chi connectivity index (χ3v) is 4.88. The minimum Gasteiger partial charge on any atom is -0.342 e. The van der Waals surface area contributed by atoms with Crippen molar-refractivity contribution in [2.75, 3.05) is 6.54 Å². The van der Waals surface area contributed by atoms with Crippen LogP contribution >= 0.6 is 0 Å². The Morgan fingerprint density at radius 2 is 1.75 bits per heavy atom. The van der Waals surface area contributed by atoms with Crippen LogP contribution in [-0.4, -0.2) is 35.3 Å². The molecule has 2 fully saturated rings. The van der Waals surface area contributed by atoms with Crippen molar-refractivity contribution in [1.82, 2.24) is 10.2 Å². The van der Waals surface area contributed by atoms with Crippen LogP contribution in [0.3, 0.4) is 0 Å². The Bertz CT molecular complexity index is 415. The average molecular weight is 280 g/mol. The summed E-state index contributed by atoms with van der Waals surface area (Å²) in [6, 6.07) is -0.673. The van der Waals surface area contributed by atoms with Crippen LogP contribution < -0.4 is 5.32 Å². The second kappa shape index (κ2) is 5.05. The molecule has 20 heavy (non-hydrogen) atoms. The predicted molar refractivity (Wildman–Crippen MR) is 79.0 cm³/mol. The topological polar surface area (TPSA) is 49.4 Å². The first kappa shape index (κ1) is 15.3. The van der Waals surface area contributed by atoms with Crippen molar-refractivity contribution in [3.63, 3.8) is 0 Å². The first-order chi connectivity index (χ1) is 9.15. The molecule has 1 aliphatic carbocycles. The van der Waals surface area contributed by atoms with Gasteiger partial charge in [-0.3, -0.25) is 9.59 Å². The van der Waals surface area contributed by atoms with Crippen molar-refractivity contribution in [2.45, 2.75) is 60.0 Å². The third kappa shape index (κ3) is 2.70. The minimum atomic E-state index is -0.362. The molecule has 0 spiro atoms. The fourth-order valence-electron chi connectivity index (χ4n) is 3.20. The molecule has 3 atom stereocenters. The van der Waals surface area contributed by atoms with E-state index in [4.69, 9.17) is 0 Å². The van der Waals surface area contributed by atoms with Crippen LogP contribution in [0.1, 0.15) is 48.0 Å². The van der Waals surface area contributed by atoms with Gasteiger partial charge in [0, 0.05) is 6.54 Å². The number of nitrogens with zero attached hydrogens (tertiary/aromatic N) is 1. The number of carbonyl (C=O) groups excluding carboxylic acids is 2. The Labute approximate surface area is 122 Å². The van der Waals surface area contributed by atoms with E-state index >= 15 is 0 Å². The number of hydrogen-bond donors (Lipinski definition) is 1. The molecule has 0 aromatic heterocycles. The molecule has 1 aliphatic heterocycles. The van der Waals surface area contributed by atoms with E-state index in [2.05, 4.69) is 19.2 Å². The molecule has 2 rings (SSSR count). The van der Waals surface area contributed by atoms with Crippen molar-refractivity contribution >= 4 is 11.8 Å². The van der Waals surface area contributed by atoms with Gasteiger partial charge >= 0.3 is 0 Å². The molecule has 3 unspecified atom stereocenters. The lowest BCUT2D eigenvalue weighted by atomic mass is 9.92. The predicted octanol–water partition coefficient (Wildman–Crippen LogP) is 2.04. The quantitative estimate of drug-likeness (QED) is 0.856. The van der Waals surface area contributed by atoms with Crippen molar-refractivity contribution in [3.05, 3.63) is 0 Å². The molecule has 1 heterocycles. The minimum absolute atomic E-state index is 0.0109. The number of rotatable bonds is 4. The number of nitrogens with one attached hydrogen (secondary N) is 1. The Kier molecular flexibility index (Phi) is 3.87. The van der Waals surface area contributed by atoms with E-state index in [9.17, 15) is 9.59 Å². The van der Waals surface area contributed by atoms with Crippen LogP contribution in [0.2, 0.25) is 0 Å². The highest BCUT2D eigenvalue weighted by atomic mass is 16.2. The summed E-state index contributed by atoms with van der Waals surface area (Å²) in [6.07, 6.45) is 1.15. The second-order valence-electron chi connectivity index (χ2n) is 7.80. The number of amides is 2. The van der Waals surface area contributed by atoms with E-state index in [0.29, 0.717) is 11.3 Å². The van der Waals surface area contributed by atoms with Crippen LogP contribution in [0.15, 0.2) is 0 Å². The summed E-state index contributed by atoms with van der Waals surface area (Å²) in [5.74, 6) is 0.923. The fraction of sp³-hybridized carbons (Fsp3) is 0.875. The highest BCUT2D eigenvalue weighted by Crippen LogP contribution is 2.52. The Balaban J connectivity index is 2.20. The second-order valence-corrected chi connectivity index (χ2v) is 7.80. The van der Waals surface area contributed by atoms with Crippen molar-refractivity contribution < 1.29 is 9.59 Å². The fourth-order valence-corrected chi connectivity index (χ4v) is 3.20. The van der Waals surface area contributed by atoms with Crippen LogP contribution in [0.4, 0.5) is 0 Å². The standard InChI is InChI=1S/C16H28N2O2/c1-9(2)12-15(20)18(8-11-7-16(11,5)6)13(10(3)4)14(19)17-12/h9-13H,7-8H2,1-6H3,(H,17,19). The first-order valence-corrected chi connectivity index (χ1v) is 7.76. The van der Waals surface area contributed by atoms with Crippen molar-refractivity contribution in [3.8, 4) is 0 Å². The molecule has 114 valence electrons. The molecule has 0 bridgehead atoms. The molecule has 0 aromatic carbocycles. The molecule has 1 saturated heterocycles. The maximum atomic E-state index is 12.7. The van der Waals surface area contributed by atoms with E-state index < -0.39 is 0 Å². The lowest BCUT2D eigenvalue weighted by Gasteiger charge is -2.42. The normalized spacial score (nSPS) is 32.8. The highest BCUT2D eigenvalue weighted by molar-refractivity contribution is 5.97. The SMILES string of the molecule is CC(C)C1NC(=O)C(C(C)C)N(CC2CC2(C)C)C1=O. The van der Waals surface area contributed by atoms with Gasteiger partial charge in [-0.15, -0.1) is 0 Å². The van der Waals surface area contributed by atoms with E-state index in [-0.39, 0.29) is 35.7 Å². The highest BCUT2D eigenvalue weighted by Gasteiger charge is 2.50. The van der Waals surface area contributed by atoms with Gasteiger partial charge in [-0.05, 0) is 29.6 Å². The third-order valence-electron chi connectivity index (χ3n) is 4.88. The van der Waals surface area contributed by atoms with Gasteiger partial charge in [0.15, 0.2) is 0 Å². The van der Waals surface area contributed by atoms with Gasteiger partial charge < -0.3 is 10.2 Å². The maximum absolute atomic E-state index is 12.7.